The van der Waals surface area contributed by atoms with E-state index in [1.165, 1.54) is 32.5 Å². The van der Waals surface area contributed by atoms with Gasteiger partial charge in [0, 0.05) is 25.7 Å². The van der Waals surface area contributed by atoms with Gasteiger partial charge in [0.1, 0.15) is 0 Å². The van der Waals surface area contributed by atoms with Crippen molar-refractivity contribution in [2.24, 2.45) is 0 Å². The van der Waals surface area contributed by atoms with Crippen molar-refractivity contribution in [1.82, 2.24) is 19.6 Å². The largest absolute Gasteiger partial charge is 0.293 e. The number of hydrogen-bond donors (Lipinski definition) is 0. The van der Waals surface area contributed by atoms with E-state index in [2.05, 4.69) is 61.6 Å². The van der Waals surface area contributed by atoms with Gasteiger partial charge < -0.3 is 0 Å². The second-order valence-electron chi connectivity index (χ2n) is 6.06. The van der Waals surface area contributed by atoms with Crippen molar-refractivity contribution in [3.63, 3.8) is 0 Å². The Morgan fingerprint density at radius 3 is 1.72 bits per heavy atom. The number of nitrogens with zero attached hydrogens (tertiary/aromatic N) is 4. The molecule has 0 aromatic heterocycles. The molecule has 1 atom stereocenters. The molecule has 2 heterocycles. The lowest BCUT2D eigenvalue weighted by molar-refractivity contribution is 0.0561. The van der Waals surface area contributed by atoms with Crippen LogP contribution in [0, 0.1) is 0 Å². The second-order valence-corrected chi connectivity index (χ2v) is 6.06. The van der Waals surface area contributed by atoms with Gasteiger partial charge >= 0.3 is 0 Å². The van der Waals surface area contributed by atoms with Crippen molar-refractivity contribution in [2.75, 3.05) is 54.5 Å². The summed E-state index contributed by atoms with van der Waals surface area (Å²) in [7, 11) is 8.71. The molecule has 1 unspecified atom stereocenters. The topological polar surface area (TPSA) is 13.0 Å². The fraction of sp³-hybridized carbons (Fsp3) is 1.00. The first-order chi connectivity index (χ1) is 8.41. The summed E-state index contributed by atoms with van der Waals surface area (Å²) in [5, 5.41) is 0. The van der Waals surface area contributed by atoms with Gasteiger partial charge in [0.15, 0.2) is 0 Å². The summed E-state index contributed by atoms with van der Waals surface area (Å²) in [6.45, 7) is 9.43. The maximum atomic E-state index is 2.38. The monoisotopic (exact) mass is 256 g/mol. The number of hydrogen-bond acceptors (Lipinski definition) is 4. The van der Waals surface area contributed by atoms with Crippen molar-refractivity contribution in [3.8, 4) is 0 Å². The van der Waals surface area contributed by atoms with Gasteiger partial charge in [-0.15, -0.1) is 0 Å². The second kappa shape index (κ2) is 7.43. The Hall–Kier alpha value is -0.160. The van der Waals surface area contributed by atoms with E-state index in [0.717, 1.165) is 12.7 Å². The minimum Gasteiger partial charge on any atom is -0.293 e. The van der Waals surface area contributed by atoms with Gasteiger partial charge in [-0.05, 0) is 54.9 Å². The Kier molecular flexibility index (Phi) is 6.57. The van der Waals surface area contributed by atoms with E-state index in [9.17, 15) is 0 Å². The van der Waals surface area contributed by atoms with Crippen LogP contribution in [0.2, 0.25) is 0 Å². The summed E-state index contributed by atoms with van der Waals surface area (Å²) in [6.07, 6.45) is 3.27. The molecule has 2 aliphatic rings. The van der Waals surface area contributed by atoms with E-state index in [1.807, 2.05) is 0 Å². The molecule has 0 radical (unpaired) electrons. The SMILES string of the molecule is CC1CCN(C)CN1C.CC1N(C)CCCN1C. The minimum atomic E-state index is 0.638. The van der Waals surface area contributed by atoms with Crippen molar-refractivity contribution in [3.05, 3.63) is 0 Å². The summed E-state index contributed by atoms with van der Waals surface area (Å²) >= 11 is 0. The Morgan fingerprint density at radius 1 is 0.778 bits per heavy atom. The average molecular weight is 256 g/mol. The molecule has 108 valence electrons. The molecular formula is C14H32N4. The lowest BCUT2D eigenvalue weighted by atomic mass is 10.2. The third-order valence-corrected chi connectivity index (χ3v) is 4.44. The standard InChI is InChI=1S/2C7H16N2/c1-7-4-5-8(2)6-9(7)3;1-7-8(2)5-4-6-9(7)3/h2*7H,4-6H2,1-3H3. The maximum absolute atomic E-state index is 2.38. The van der Waals surface area contributed by atoms with Gasteiger partial charge in [-0.3, -0.25) is 19.6 Å². The lowest BCUT2D eigenvalue weighted by Gasteiger charge is -2.37. The molecule has 0 amide bonds. The summed E-state index contributed by atoms with van der Waals surface area (Å²) in [6, 6.07) is 0.779. The molecule has 2 fully saturated rings. The van der Waals surface area contributed by atoms with Crippen LogP contribution >= 0.6 is 0 Å². The van der Waals surface area contributed by atoms with E-state index < -0.39 is 0 Å². The zero-order chi connectivity index (χ0) is 13.7. The highest BCUT2D eigenvalue weighted by Crippen LogP contribution is 2.08. The predicted octanol–water partition coefficient (Wildman–Crippen LogP) is 1.20. The van der Waals surface area contributed by atoms with E-state index in [1.54, 1.807) is 0 Å². The van der Waals surface area contributed by atoms with Gasteiger partial charge in [0.25, 0.3) is 0 Å². The summed E-state index contributed by atoms with van der Waals surface area (Å²) in [4.78, 5) is 9.48. The van der Waals surface area contributed by atoms with Crippen LogP contribution < -0.4 is 0 Å². The van der Waals surface area contributed by atoms with E-state index >= 15 is 0 Å². The normalized spacial score (nSPS) is 30.0. The first-order valence-electron chi connectivity index (χ1n) is 7.21. The van der Waals surface area contributed by atoms with Gasteiger partial charge in [-0.2, -0.15) is 0 Å². The van der Waals surface area contributed by atoms with Crippen molar-refractivity contribution < 1.29 is 0 Å². The summed E-state index contributed by atoms with van der Waals surface area (Å²) < 4.78 is 0. The van der Waals surface area contributed by atoms with Crippen LogP contribution in [-0.4, -0.2) is 86.3 Å². The third-order valence-electron chi connectivity index (χ3n) is 4.44. The highest BCUT2D eigenvalue weighted by atomic mass is 15.3. The highest BCUT2D eigenvalue weighted by molar-refractivity contribution is 4.70. The Bertz CT molecular complexity index is 224. The molecule has 0 spiro atoms. The van der Waals surface area contributed by atoms with Gasteiger partial charge in [0.2, 0.25) is 0 Å². The average Bonchev–Trinajstić information content (AvgIpc) is 2.32. The quantitative estimate of drug-likeness (QED) is 0.645. The Labute approximate surface area is 114 Å². The van der Waals surface area contributed by atoms with Crippen molar-refractivity contribution >= 4 is 0 Å². The van der Waals surface area contributed by atoms with Crippen LogP contribution in [0.5, 0.6) is 0 Å². The minimum absolute atomic E-state index is 0.638. The van der Waals surface area contributed by atoms with Crippen LogP contribution in [0.3, 0.4) is 0 Å². The maximum Gasteiger partial charge on any atom is 0.0588 e. The molecule has 4 heteroatoms. The summed E-state index contributed by atoms with van der Waals surface area (Å²) in [5.74, 6) is 0. The molecule has 0 bridgehead atoms. The van der Waals surface area contributed by atoms with E-state index in [4.69, 9.17) is 0 Å². The molecule has 0 N–H and O–H groups in total. The highest BCUT2D eigenvalue weighted by Gasteiger charge is 2.18. The first kappa shape index (κ1) is 15.9. The zero-order valence-corrected chi connectivity index (χ0v) is 13.2. The molecule has 2 rings (SSSR count). The molecule has 0 aromatic carbocycles. The number of rotatable bonds is 0. The molecular weight excluding hydrogens is 224 g/mol. The van der Waals surface area contributed by atoms with E-state index in [0.29, 0.717) is 6.17 Å². The zero-order valence-electron chi connectivity index (χ0n) is 13.2. The molecule has 0 aromatic rings. The fourth-order valence-electron chi connectivity index (χ4n) is 2.50. The Balaban J connectivity index is 0.000000180. The fourth-order valence-corrected chi connectivity index (χ4v) is 2.50. The Morgan fingerprint density at radius 2 is 1.33 bits per heavy atom. The van der Waals surface area contributed by atoms with Gasteiger partial charge in [-0.25, -0.2) is 0 Å². The van der Waals surface area contributed by atoms with Crippen molar-refractivity contribution in [2.45, 2.75) is 38.9 Å². The smallest absolute Gasteiger partial charge is 0.0588 e. The van der Waals surface area contributed by atoms with Crippen LogP contribution in [0.15, 0.2) is 0 Å². The van der Waals surface area contributed by atoms with E-state index in [-0.39, 0.29) is 0 Å². The lowest BCUT2D eigenvalue weighted by Crippen LogP contribution is -2.48. The van der Waals surface area contributed by atoms with Crippen molar-refractivity contribution in [1.29, 1.82) is 0 Å². The third kappa shape index (κ3) is 4.84. The molecule has 0 saturated carbocycles. The molecule has 2 aliphatic heterocycles. The van der Waals surface area contributed by atoms with Crippen LogP contribution in [0.25, 0.3) is 0 Å². The van der Waals surface area contributed by atoms with Crippen LogP contribution in [0.1, 0.15) is 26.7 Å². The van der Waals surface area contributed by atoms with Gasteiger partial charge in [-0.1, -0.05) is 0 Å². The van der Waals surface area contributed by atoms with Crippen LogP contribution in [0.4, 0.5) is 0 Å². The molecule has 18 heavy (non-hydrogen) atoms. The van der Waals surface area contributed by atoms with Crippen LogP contribution in [-0.2, 0) is 0 Å². The summed E-state index contributed by atoms with van der Waals surface area (Å²) in [5.41, 5.74) is 0. The van der Waals surface area contributed by atoms with Gasteiger partial charge in [0.05, 0.1) is 12.8 Å². The molecule has 0 aliphatic carbocycles. The predicted molar refractivity (Wildman–Crippen MR) is 78.7 cm³/mol. The molecule has 2 saturated heterocycles. The molecule has 4 nitrogen and oxygen atoms in total. The first-order valence-corrected chi connectivity index (χ1v) is 7.21.